The highest BCUT2D eigenvalue weighted by molar-refractivity contribution is 6.08. The maximum absolute atomic E-state index is 14.0. The summed E-state index contributed by atoms with van der Waals surface area (Å²) >= 11 is 0. The minimum absolute atomic E-state index is 0.435. The van der Waals surface area contributed by atoms with Crippen LogP contribution in [0.2, 0.25) is 0 Å². The number of cyclic esters (lactones) is 1. The molecule has 5 atom stereocenters. The lowest BCUT2D eigenvalue weighted by atomic mass is 9.91. The lowest BCUT2D eigenvalue weighted by Crippen LogP contribution is -2.62. The molecule has 4 aromatic carbocycles. The van der Waals surface area contributed by atoms with E-state index in [-0.39, 0.29) is 0 Å². The van der Waals surface area contributed by atoms with Crippen molar-refractivity contribution in [2.75, 3.05) is 6.61 Å². The van der Waals surface area contributed by atoms with Gasteiger partial charge in [0.15, 0.2) is 63.6 Å². The molecule has 1 fully saturated rings. The van der Waals surface area contributed by atoms with Crippen molar-refractivity contribution in [3.05, 3.63) is 58.7 Å². The van der Waals surface area contributed by atoms with Gasteiger partial charge < -0.3 is 90.1 Å². The van der Waals surface area contributed by atoms with Gasteiger partial charge >= 0.3 is 23.9 Å². The second-order valence-electron chi connectivity index (χ2n) is 12.0. The fourth-order valence-corrected chi connectivity index (χ4v) is 5.73. The van der Waals surface area contributed by atoms with Gasteiger partial charge in [-0.05, 0) is 36.4 Å². The molecule has 0 saturated carbocycles. The zero-order valence-electron chi connectivity index (χ0n) is 27.5. The van der Waals surface area contributed by atoms with E-state index in [9.17, 15) is 85.6 Å². The Kier molecular flexibility index (Phi) is 9.45. The summed E-state index contributed by atoms with van der Waals surface area (Å²) in [6, 6.07) is 3.38. The molecule has 6 rings (SSSR count). The molecule has 0 aromatic heterocycles. The minimum atomic E-state index is -2.35. The highest BCUT2D eigenvalue weighted by atomic mass is 16.7. The molecule has 0 radical (unpaired) electrons. The summed E-state index contributed by atoms with van der Waals surface area (Å²) < 4.78 is 27.0. The molecule has 0 spiro atoms. The first kappa shape index (κ1) is 38.0. The number of aromatic hydroxyl groups is 12. The molecule has 1 saturated heterocycles. The van der Waals surface area contributed by atoms with Crippen LogP contribution in [0.3, 0.4) is 0 Å². The maximum Gasteiger partial charge on any atom is 0.340 e. The number of fused-ring (bicyclic) bond motifs is 5. The third kappa shape index (κ3) is 6.45. The number of aliphatic hydroxyl groups is 1. The second kappa shape index (κ2) is 13.9. The first-order valence-electron chi connectivity index (χ1n) is 15.5. The van der Waals surface area contributed by atoms with Crippen molar-refractivity contribution in [3.63, 3.8) is 0 Å². The first-order chi connectivity index (χ1) is 26.3. The lowest BCUT2D eigenvalue weighted by molar-refractivity contribution is -0.283. The van der Waals surface area contributed by atoms with E-state index >= 15 is 0 Å². The Bertz CT molecular complexity index is 2290. The number of carbonyl (C=O) groups is 4. The number of rotatable bonds is 4. The average molecular weight is 787 g/mol. The van der Waals surface area contributed by atoms with Crippen LogP contribution in [0.5, 0.6) is 69.0 Å². The zero-order chi connectivity index (χ0) is 41.1. The number of hydrogen-bond donors (Lipinski definition) is 13. The Morgan fingerprint density at radius 1 is 0.554 bits per heavy atom. The summed E-state index contributed by atoms with van der Waals surface area (Å²) in [6.07, 6.45) is -11.2. The SMILES string of the molecule is O=C(O[C@@H]1O[C@@H]2COC(=O)c3cc(O)c(O)c(O)c3-c3c(cc(O)c(O)c3O)C(=O)O[C@@H]([C@@H]2O)[C@H]1OC(=O)c1cc(O)c(O)c(O)c1)c1cc(O)c(O)c(O)c1. The fourth-order valence-electron chi connectivity index (χ4n) is 5.73. The molecule has 0 aliphatic carbocycles. The summed E-state index contributed by atoms with van der Waals surface area (Å²) in [4.78, 5) is 54.2. The number of esters is 4. The van der Waals surface area contributed by atoms with E-state index in [1.807, 2.05) is 0 Å². The number of benzene rings is 4. The Morgan fingerprint density at radius 3 is 1.43 bits per heavy atom. The van der Waals surface area contributed by atoms with Crippen LogP contribution in [-0.2, 0) is 23.7 Å². The number of carbonyl (C=O) groups excluding carboxylic acids is 4. The van der Waals surface area contributed by atoms with Gasteiger partial charge in [0, 0.05) is 11.1 Å². The minimum Gasteiger partial charge on any atom is -0.504 e. The van der Waals surface area contributed by atoms with Gasteiger partial charge in [-0.2, -0.15) is 0 Å². The lowest BCUT2D eigenvalue weighted by Gasteiger charge is -2.42. The van der Waals surface area contributed by atoms with Gasteiger partial charge in [0.2, 0.25) is 23.9 Å². The van der Waals surface area contributed by atoms with Crippen molar-refractivity contribution in [2.45, 2.75) is 30.7 Å². The van der Waals surface area contributed by atoms with Crippen LogP contribution < -0.4 is 0 Å². The Morgan fingerprint density at radius 2 is 0.964 bits per heavy atom. The molecule has 2 aliphatic heterocycles. The second-order valence-corrected chi connectivity index (χ2v) is 12.0. The van der Waals surface area contributed by atoms with E-state index in [2.05, 4.69) is 0 Å². The summed E-state index contributed by atoms with van der Waals surface area (Å²) in [5.74, 6) is -20.3. The standard InChI is InChI=1S/C34H26O22/c35-12-1-8(2-13(36)21(12)41)30(48)55-29-28-25(45)18(53-34(29)56-31(49)9-3-14(37)22(42)15(38)4-9)7-52-32(50)10-5-16(39)23(43)26(46)19(10)20-11(33(51)54-28)6-17(40)24(44)27(20)47/h1-6,18,25,28-29,34-47H,7H2/t18-,25-,28+,29-,34+/m1/s1. The maximum atomic E-state index is 14.0. The van der Waals surface area contributed by atoms with E-state index in [1.54, 1.807) is 0 Å². The largest absolute Gasteiger partial charge is 0.504 e. The molecule has 22 heteroatoms. The van der Waals surface area contributed by atoms with Crippen molar-refractivity contribution in [3.8, 4) is 80.1 Å². The molecular weight excluding hydrogens is 760 g/mol. The Balaban J connectivity index is 1.52. The average Bonchev–Trinajstić information content (AvgIpc) is 3.14. The molecular formula is C34H26O22. The fraction of sp³-hybridized carbons (Fsp3) is 0.176. The molecule has 56 heavy (non-hydrogen) atoms. The number of aliphatic hydroxyl groups excluding tert-OH is 1. The van der Waals surface area contributed by atoms with Crippen LogP contribution in [0.25, 0.3) is 11.1 Å². The summed E-state index contributed by atoms with van der Waals surface area (Å²) in [5, 5.41) is 134. The topological polar surface area (TPSA) is 377 Å². The molecule has 2 aliphatic rings. The molecule has 22 nitrogen and oxygen atoms in total. The first-order valence-corrected chi connectivity index (χ1v) is 15.5. The molecule has 4 aromatic rings. The molecule has 0 unspecified atom stereocenters. The monoisotopic (exact) mass is 786 g/mol. The predicted octanol–water partition coefficient (Wildman–Crippen LogP) is 0.685. The summed E-state index contributed by atoms with van der Waals surface area (Å²) in [5.41, 5.74) is -5.37. The van der Waals surface area contributed by atoms with Crippen molar-refractivity contribution in [2.24, 2.45) is 0 Å². The van der Waals surface area contributed by atoms with Crippen molar-refractivity contribution in [1.29, 1.82) is 0 Å². The van der Waals surface area contributed by atoms with Gasteiger partial charge in [-0.15, -0.1) is 0 Å². The van der Waals surface area contributed by atoms with Gasteiger partial charge in [0.05, 0.1) is 22.3 Å². The van der Waals surface area contributed by atoms with Crippen LogP contribution in [0, 0.1) is 0 Å². The molecule has 13 N–H and O–H groups in total. The Hall–Kier alpha value is -7.72. The molecule has 0 amide bonds. The third-order valence-corrected chi connectivity index (χ3v) is 8.52. The van der Waals surface area contributed by atoms with E-state index in [4.69, 9.17) is 23.7 Å². The van der Waals surface area contributed by atoms with Crippen LogP contribution in [0.15, 0.2) is 36.4 Å². The van der Waals surface area contributed by atoms with Gasteiger partial charge in [-0.25, -0.2) is 19.2 Å². The number of phenolic OH excluding ortho intramolecular Hbond substituents is 12. The number of phenols is 12. The highest BCUT2D eigenvalue weighted by Gasteiger charge is 2.53. The number of ether oxygens (including phenoxy) is 5. The van der Waals surface area contributed by atoms with Crippen LogP contribution >= 0.6 is 0 Å². The van der Waals surface area contributed by atoms with Gasteiger partial charge in [-0.3, -0.25) is 0 Å². The van der Waals surface area contributed by atoms with Crippen molar-refractivity contribution < 1.29 is 109 Å². The Labute approximate surface area is 309 Å². The van der Waals surface area contributed by atoms with Crippen LogP contribution in [-0.4, -0.2) is 128 Å². The van der Waals surface area contributed by atoms with E-state index < -0.39 is 164 Å². The van der Waals surface area contributed by atoms with Gasteiger partial charge in [0.25, 0.3) is 0 Å². The molecule has 2 bridgehead atoms. The summed E-state index contributed by atoms with van der Waals surface area (Å²) in [6.45, 7) is -1.09. The van der Waals surface area contributed by atoms with E-state index in [0.29, 0.717) is 36.4 Å². The van der Waals surface area contributed by atoms with Crippen molar-refractivity contribution in [1.82, 2.24) is 0 Å². The molecule has 2 heterocycles. The summed E-state index contributed by atoms with van der Waals surface area (Å²) in [7, 11) is 0. The van der Waals surface area contributed by atoms with Crippen molar-refractivity contribution >= 4 is 23.9 Å². The third-order valence-electron chi connectivity index (χ3n) is 8.52. The quantitative estimate of drug-likeness (QED) is 0.0768. The number of hydrogen-bond acceptors (Lipinski definition) is 22. The highest BCUT2D eigenvalue weighted by Crippen LogP contribution is 2.53. The normalized spacial score (nSPS) is 20.6. The van der Waals surface area contributed by atoms with Gasteiger partial charge in [0.1, 0.15) is 18.8 Å². The van der Waals surface area contributed by atoms with Crippen LogP contribution in [0.1, 0.15) is 41.4 Å². The van der Waals surface area contributed by atoms with Gasteiger partial charge in [-0.1, -0.05) is 0 Å². The predicted molar refractivity (Wildman–Crippen MR) is 174 cm³/mol. The van der Waals surface area contributed by atoms with E-state index in [0.717, 1.165) is 0 Å². The van der Waals surface area contributed by atoms with E-state index in [1.165, 1.54) is 0 Å². The smallest absolute Gasteiger partial charge is 0.340 e. The zero-order valence-corrected chi connectivity index (χ0v) is 27.5. The molecule has 294 valence electrons. The van der Waals surface area contributed by atoms with Crippen LogP contribution in [0.4, 0.5) is 0 Å².